The molecule has 0 aliphatic carbocycles. The van der Waals surface area contributed by atoms with Crippen molar-refractivity contribution in [2.75, 3.05) is 0 Å². The van der Waals surface area contributed by atoms with Gasteiger partial charge in [-0.15, -0.1) is 0 Å². The van der Waals surface area contributed by atoms with Gasteiger partial charge in [0, 0.05) is 0 Å². The molecule has 0 unspecified atom stereocenters. The Balaban J connectivity index is 0.000000175. The van der Waals surface area contributed by atoms with Crippen molar-refractivity contribution < 1.29 is 0 Å². The first-order valence-corrected chi connectivity index (χ1v) is 27.1. The Bertz CT molecular complexity index is 1390. The summed E-state index contributed by atoms with van der Waals surface area (Å²) in [5, 5.41) is 0. The molecule has 218 valence electrons. The van der Waals surface area contributed by atoms with Gasteiger partial charge >= 0.3 is 285 Å². The van der Waals surface area contributed by atoms with Crippen LogP contribution in [0, 0.1) is 41.5 Å². The molecule has 0 aliphatic rings. The molecule has 0 saturated carbocycles. The number of hydrogen-bond donors (Lipinski definition) is 0. The molecule has 6 aromatic carbocycles. The van der Waals surface area contributed by atoms with Gasteiger partial charge in [-0.3, -0.25) is 0 Å². The van der Waals surface area contributed by atoms with Gasteiger partial charge in [-0.1, -0.05) is 0 Å². The standard InChI is InChI=1S/6C7H7.2Pb/c6*1-7-5-3-2-4-6-7;;/h6*3-6H,1H3;;. The van der Waals surface area contributed by atoms with Crippen molar-refractivity contribution in [3.8, 4) is 0 Å². The second kappa shape index (κ2) is 15.4. The van der Waals surface area contributed by atoms with Crippen molar-refractivity contribution in [2.45, 2.75) is 41.5 Å². The van der Waals surface area contributed by atoms with Crippen molar-refractivity contribution in [1.29, 1.82) is 0 Å². The maximum atomic E-state index is 2.34. The van der Waals surface area contributed by atoms with E-state index in [4.69, 9.17) is 0 Å². The van der Waals surface area contributed by atoms with E-state index in [2.05, 4.69) is 187 Å². The van der Waals surface area contributed by atoms with Crippen LogP contribution in [0.3, 0.4) is 0 Å². The van der Waals surface area contributed by atoms with Crippen LogP contribution in [0.4, 0.5) is 0 Å². The van der Waals surface area contributed by atoms with E-state index in [9.17, 15) is 0 Å². The van der Waals surface area contributed by atoms with E-state index >= 15 is 0 Å². The zero-order valence-corrected chi connectivity index (χ0v) is 34.6. The van der Waals surface area contributed by atoms with Gasteiger partial charge in [0.15, 0.2) is 0 Å². The summed E-state index contributed by atoms with van der Waals surface area (Å²) in [5.41, 5.74) is 8.01. The molecule has 44 heavy (non-hydrogen) atoms. The zero-order valence-electron chi connectivity index (χ0n) is 26.9. The summed E-state index contributed by atoms with van der Waals surface area (Å²) in [6, 6.07) is 55.2. The van der Waals surface area contributed by atoms with Crippen molar-refractivity contribution in [1.82, 2.24) is 0 Å². The van der Waals surface area contributed by atoms with E-state index in [1.54, 1.807) is 18.7 Å². The molecule has 0 N–H and O–H groups in total. The summed E-state index contributed by atoms with van der Waals surface area (Å²) in [6.45, 7) is 13.0. The van der Waals surface area contributed by atoms with Crippen LogP contribution in [0.2, 0.25) is 0 Å². The Morgan fingerprint density at radius 2 is 0.318 bits per heavy atom. The number of hydrogen-bond acceptors (Lipinski definition) is 0. The topological polar surface area (TPSA) is 0 Å². The molecule has 0 atom stereocenters. The number of benzene rings is 6. The molecular weight excluding hydrogens is 919 g/mol. The summed E-state index contributed by atoms with van der Waals surface area (Å²) < 4.78 is 9.35. The molecule has 0 heterocycles. The Hall–Kier alpha value is -2.84. The van der Waals surface area contributed by atoms with E-state index in [1.165, 1.54) is 33.4 Å². The molecule has 2 radical (unpaired) electrons. The van der Waals surface area contributed by atoms with Gasteiger partial charge in [0.2, 0.25) is 0 Å². The minimum atomic E-state index is -2.26. The SMILES string of the molecule is Cc1cc[c]([Pb]([c]2ccc(C)cc2)[c]2ccc(C)cc2)cc1.Cc1cc[c]([Pb]([c]2ccc(C)cc2)[c]2ccc(C)cc2)cc1. The average Bonchev–Trinajstić information content (AvgIpc) is 3.03. The summed E-state index contributed by atoms with van der Waals surface area (Å²) in [4.78, 5) is 0. The first-order chi connectivity index (χ1) is 21.3. The minimum absolute atomic E-state index is 1.34. The molecule has 0 spiro atoms. The van der Waals surface area contributed by atoms with Crippen LogP contribution < -0.4 is 18.7 Å². The van der Waals surface area contributed by atoms with Crippen LogP contribution in [-0.2, 0) is 0 Å². The van der Waals surface area contributed by atoms with Gasteiger partial charge in [-0.25, -0.2) is 0 Å². The fourth-order valence-corrected chi connectivity index (χ4v) is 24.8. The molecule has 0 fully saturated rings. The Labute approximate surface area is 282 Å². The molecule has 0 amide bonds. The quantitative estimate of drug-likeness (QED) is 0.173. The van der Waals surface area contributed by atoms with E-state index in [-0.39, 0.29) is 0 Å². The third-order valence-electron chi connectivity index (χ3n) is 8.04. The van der Waals surface area contributed by atoms with E-state index in [1.807, 2.05) is 0 Å². The number of rotatable bonds is 6. The number of aryl methyl sites for hydroxylation is 6. The van der Waals surface area contributed by atoms with Crippen LogP contribution in [-0.4, -0.2) is 45.4 Å². The summed E-state index contributed by atoms with van der Waals surface area (Å²) in [7, 11) is 0. The summed E-state index contributed by atoms with van der Waals surface area (Å²) in [6.07, 6.45) is 0. The third kappa shape index (κ3) is 8.66. The van der Waals surface area contributed by atoms with Crippen LogP contribution in [0.1, 0.15) is 33.4 Å². The van der Waals surface area contributed by atoms with Crippen LogP contribution >= 0.6 is 0 Å². The molecule has 6 rings (SSSR count). The fraction of sp³-hybridized carbons (Fsp3) is 0.143. The summed E-state index contributed by atoms with van der Waals surface area (Å²) in [5.74, 6) is 0. The van der Waals surface area contributed by atoms with E-state index < -0.39 is 45.4 Å². The second-order valence-corrected chi connectivity index (χ2v) is 31.2. The van der Waals surface area contributed by atoms with Gasteiger partial charge in [-0.05, 0) is 0 Å². The predicted molar refractivity (Wildman–Crippen MR) is 196 cm³/mol. The molecule has 0 nitrogen and oxygen atoms in total. The van der Waals surface area contributed by atoms with Crippen molar-refractivity contribution >= 4 is 64.1 Å². The maximum absolute atomic E-state index is 2.34. The van der Waals surface area contributed by atoms with E-state index in [0.717, 1.165) is 0 Å². The molecule has 0 aliphatic heterocycles. The van der Waals surface area contributed by atoms with Crippen molar-refractivity contribution in [3.05, 3.63) is 179 Å². The van der Waals surface area contributed by atoms with Gasteiger partial charge in [0.25, 0.3) is 0 Å². The fourth-order valence-electron chi connectivity index (χ4n) is 5.32. The molecular formula is C42H42Pb2. The predicted octanol–water partition coefficient (Wildman–Crippen LogP) is 6.26. The van der Waals surface area contributed by atoms with Crippen LogP contribution in [0.5, 0.6) is 0 Å². The first kappa shape index (κ1) is 32.6. The van der Waals surface area contributed by atoms with Crippen LogP contribution in [0.25, 0.3) is 0 Å². The molecule has 0 aromatic heterocycles. The van der Waals surface area contributed by atoms with Gasteiger partial charge in [0.05, 0.1) is 0 Å². The van der Waals surface area contributed by atoms with Gasteiger partial charge in [-0.2, -0.15) is 0 Å². The molecule has 0 bridgehead atoms. The normalized spacial score (nSPS) is 10.9. The Kier molecular flexibility index (Phi) is 11.4. The Morgan fingerprint density at radius 3 is 0.432 bits per heavy atom. The van der Waals surface area contributed by atoms with E-state index in [0.29, 0.717) is 0 Å². The monoisotopic (exact) mass is 962 g/mol. The van der Waals surface area contributed by atoms with Crippen LogP contribution in [0.15, 0.2) is 146 Å². The van der Waals surface area contributed by atoms with Crippen molar-refractivity contribution in [3.63, 3.8) is 0 Å². The van der Waals surface area contributed by atoms with Gasteiger partial charge in [0.1, 0.15) is 0 Å². The first-order valence-electron chi connectivity index (χ1n) is 15.4. The van der Waals surface area contributed by atoms with Gasteiger partial charge < -0.3 is 0 Å². The summed E-state index contributed by atoms with van der Waals surface area (Å²) >= 11 is -4.52. The molecule has 0 saturated heterocycles. The molecule has 2 heteroatoms. The van der Waals surface area contributed by atoms with Crippen molar-refractivity contribution in [2.24, 2.45) is 0 Å². The average molecular weight is 961 g/mol. The second-order valence-electron chi connectivity index (χ2n) is 11.9. The third-order valence-corrected chi connectivity index (χ3v) is 29.3. The Morgan fingerprint density at radius 1 is 0.205 bits per heavy atom. The zero-order chi connectivity index (χ0) is 31.1. The molecule has 6 aromatic rings.